The first-order valence-electron chi connectivity index (χ1n) is 8.93. The van der Waals surface area contributed by atoms with Gasteiger partial charge in [0, 0.05) is 37.0 Å². The SMILES string of the molecule is Cc1cc(NCC2CCCCN2CCn2nc(C)ccc2=O)ncn1. The van der Waals surface area contributed by atoms with Gasteiger partial charge < -0.3 is 5.32 Å². The third-order valence-corrected chi connectivity index (χ3v) is 4.67. The largest absolute Gasteiger partial charge is 0.368 e. The van der Waals surface area contributed by atoms with Crippen LogP contribution in [-0.2, 0) is 6.54 Å². The van der Waals surface area contributed by atoms with Crippen molar-refractivity contribution in [3.05, 3.63) is 46.3 Å². The Morgan fingerprint density at radius 2 is 2.04 bits per heavy atom. The van der Waals surface area contributed by atoms with E-state index in [0.29, 0.717) is 12.6 Å². The molecule has 2 aromatic heterocycles. The summed E-state index contributed by atoms with van der Waals surface area (Å²) in [4.78, 5) is 22.8. The maximum Gasteiger partial charge on any atom is 0.266 e. The summed E-state index contributed by atoms with van der Waals surface area (Å²) in [6.45, 7) is 7.26. The Kier molecular flexibility index (Phi) is 5.75. The van der Waals surface area contributed by atoms with Crippen molar-refractivity contribution in [2.45, 2.75) is 45.7 Å². The minimum atomic E-state index is -0.0336. The Bertz CT molecular complexity index is 759. The molecule has 1 fully saturated rings. The van der Waals surface area contributed by atoms with Crippen LogP contribution in [0.3, 0.4) is 0 Å². The summed E-state index contributed by atoms with van der Waals surface area (Å²) in [6.07, 6.45) is 5.20. The second kappa shape index (κ2) is 8.20. The smallest absolute Gasteiger partial charge is 0.266 e. The van der Waals surface area contributed by atoms with E-state index in [9.17, 15) is 4.79 Å². The summed E-state index contributed by atoms with van der Waals surface area (Å²) < 4.78 is 1.57. The molecular weight excluding hydrogens is 316 g/mol. The second-order valence-electron chi connectivity index (χ2n) is 6.65. The van der Waals surface area contributed by atoms with E-state index in [1.807, 2.05) is 19.9 Å². The lowest BCUT2D eigenvalue weighted by Crippen LogP contribution is -2.45. The van der Waals surface area contributed by atoms with Crippen molar-refractivity contribution >= 4 is 5.82 Å². The van der Waals surface area contributed by atoms with Gasteiger partial charge in [0.05, 0.1) is 12.2 Å². The molecule has 1 atom stereocenters. The number of aryl methyl sites for hydroxylation is 2. The van der Waals surface area contributed by atoms with Gasteiger partial charge in [0.15, 0.2) is 0 Å². The van der Waals surface area contributed by atoms with E-state index in [0.717, 1.165) is 43.3 Å². The third-order valence-electron chi connectivity index (χ3n) is 4.67. The Morgan fingerprint density at radius 1 is 1.16 bits per heavy atom. The molecule has 3 rings (SSSR count). The van der Waals surface area contributed by atoms with Gasteiger partial charge in [0.2, 0.25) is 0 Å². The molecule has 0 bridgehead atoms. The molecule has 1 aliphatic rings. The summed E-state index contributed by atoms with van der Waals surface area (Å²) in [6, 6.07) is 5.76. The summed E-state index contributed by atoms with van der Waals surface area (Å²) >= 11 is 0. The average molecular weight is 342 g/mol. The van der Waals surface area contributed by atoms with Gasteiger partial charge in [0.1, 0.15) is 12.1 Å². The fourth-order valence-electron chi connectivity index (χ4n) is 3.29. The van der Waals surface area contributed by atoms with Gasteiger partial charge in [0.25, 0.3) is 5.56 Å². The third kappa shape index (κ3) is 4.85. The summed E-state index contributed by atoms with van der Waals surface area (Å²) in [7, 11) is 0. The van der Waals surface area contributed by atoms with Gasteiger partial charge in [-0.25, -0.2) is 14.6 Å². The molecule has 1 saturated heterocycles. The highest BCUT2D eigenvalue weighted by Gasteiger charge is 2.22. The standard InChI is InChI=1S/C18H26N6O/c1-14-6-7-18(25)24(22-14)10-9-23-8-4-3-5-16(23)12-19-17-11-15(2)20-13-21-17/h6-7,11,13,16H,3-5,8-10,12H2,1-2H3,(H,19,20,21). The first-order valence-corrected chi connectivity index (χ1v) is 8.93. The highest BCUT2D eigenvalue weighted by Crippen LogP contribution is 2.17. The average Bonchev–Trinajstić information content (AvgIpc) is 2.61. The second-order valence-corrected chi connectivity index (χ2v) is 6.65. The van der Waals surface area contributed by atoms with Crippen molar-refractivity contribution in [3.63, 3.8) is 0 Å². The van der Waals surface area contributed by atoms with Crippen LogP contribution in [-0.4, -0.2) is 50.3 Å². The van der Waals surface area contributed by atoms with E-state index in [1.165, 1.54) is 12.8 Å². The van der Waals surface area contributed by atoms with Gasteiger partial charge in [-0.05, 0) is 39.3 Å². The van der Waals surface area contributed by atoms with Crippen LogP contribution in [0.4, 0.5) is 5.82 Å². The Balaban J connectivity index is 1.59. The van der Waals surface area contributed by atoms with E-state index >= 15 is 0 Å². The molecule has 7 nitrogen and oxygen atoms in total. The molecule has 0 amide bonds. The number of hydrogen-bond donors (Lipinski definition) is 1. The lowest BCUT2D eigenvalue weighted by molar-refractivity contribution is 0.148. The summed E-state index contributed by atoms with van der Waals surface area (Å²) in [5.41, 5.74) is 1.80. The zero-order chi connectivity index (χ0) is 17.6. The summed E-state index contributed by atoms with van der Waals surface area (Å²) in [5, 5.41) is 7.76. The van der Waals surface area contributed by atoms with Crippen LogP contribution >= 0.6 is 0 Å². The molecular formula is C18H26N6O. The van der Waals surface area contributed by atoms with Crippen molar-refractivity contribution in [3.8, 4) is 0 Å². The van der Waals surface area contributed by atoms with E-state index in [1.54, 1.807) is 23.1 Å². The quantitative estimate of drug-likeness (QED) is 0.860. The minimum Gasteiger partial charge on any atom is -0.368 e. The monoisotopic (exact) mass is 342 g/mol. The minimum absolute atomic E-state index is 0.0336. The number of aromatic nitrogens is 4. The fourth-order valence-corrected chi connectivity index (χ4v) is 3.29. The predicted octanol–water partition coefficient (Wildman–Crippen LogP) is 1.62. The first-order chi connectivity index (χ1) is 12.1. The maximum absolute atomic E-state index is 11.9. The van der Waals surface area contributed by atoms with E-state index < -0.39 is 0 Å². The molecule has 1 unspecified atom stereocenters. The molecule has 7 heteroatoms. The Morgan fingerprint density at radius 3 is 2.88 bits per heavy atom. The normalized spacial score (nSPS) is 18.2. The van der Waals surface area contributed by atoms with Crippen molar-refractivity contribution < 1.29 is 0 Å². The van der Waals surface area contributed by atoms with Gasteiger partial charge >= 0.3 is 0 Å². The van der Waals surface area contributed by atoms with Crippen molar-refractivity contribution in [1.82, 2.24) is 24.6 Å². The number of nitrogens with zero attached hydrogens (tertiary/aromatic N) is 5. The Hall–Kier alpha value is -2.28. The van der Waals surface area contributed by atoms with Gasteiger partial charge in [-0.3, -0.25) is 9.69 Å². The van der Waals surface area contributed by atoms with Crippen molar-refractivity contribution in [1.29, 1.82) is 0 Å². The zero-order valence-electron chi connectivity index (χ0n) is 15.0. The molecule has 1 N–H and O–H groups in total. The molecule has 3 heterocycles. The first kappa shape index (κ1) is 17.5. The number of rotatable bonds is 6. The Labute approximate surface area is 148 Å². The highest BCUT2D eigenvalue weighted by atomic mass is 16.1. The van der Waals surface area contributed by atoms with Crippen molar-refractivity contribution in [2.75, 3.05) is 25.0 Å². The molecule has 134 valence electrons. The number of likely N-dealkylation sites (tertiary alicyclic amines) is 1. The van der Waals surface area contributed by atoms with Crippen LogP contribution in [0.25, 0.3) is 0 Å². The molecule has 0 spiro atoms. The molecule has 0 aliphatic carbocycles. The summed E-state index contributed by atoms with van der Waals surface area (Å²) in [5.74, 6) is 0.870. The lowest BCUT2D eigenvalue weighted by atomic mass is 10.0. The fraction of sp³-hybridized carbons (Fsp3) is 0.556. The highest BCUT2D eigenvalue weighted by molar-refractivity contribution is 5.34. The number of nitrogens with one attached hydrogen (secondary N) is 1. The maximum atomic E-state index is 11.9. The molecule has 25 heavy (non-hydrogen) atoms. The number of anilines is 1. The molecule has 1 aliphatic heterocycles. The van der Waals surface area contributed by atoms with Crippen LogP contribution in [0.15, 0.2) is 29.3 Å². The number of hydrogen-bond acceptors (Lipinski definition) is 6. The van der Waals surface area contributed by atoms with Gasteiger partial charge in [-0.2, -0.15) is 5.10 Å². The zero-order valence-corrected chi connectivity index (χ0v) is 15.0. The van der Waals surface area contributed by atoms with Crippen LogP contribution in [0, 0.1) is 13.8 Å². The topological polar surface area (TPSA) is 75.9 Å². The van der Waals surface area contributed by atoms with Crippen LogP contribution in [0.2, 0.25) is 0 Å². The van der Waals surface area contributed by atoms with Crippen LogP contribution in [0.5, 0.6) is 0 Å². The molecule has 0 radical (unpaired) electrons. The van der Waals surface area contributed by atoms with Gasteiger partial charge in [-0.15, -0.1) is 0 Å². The van der Waals surface area contributed by atoms with E-state index in [-0.39, 0.29) is 5.56 Å². The van der Waals surface area contributed by atoms with Crippen LogP contribution < -0.4 is 10.9 Å². The number of piperidine rings is 1. The predicted molar refractivity (Wildman–Crippen MR) is 97.7 cm³/mol. The molecule has 0 aromatic carbocycles. The van der Waals surface area contributed by atoms with Gasteiger partial charge in [-0.1, -0.05) is 6.42 Å². The van der Waals surface area contributed by atoms with Crippen molar-refractivity contribution in [2.24, 2.45) is 0 Å². The molecule has 2 aromatic rings. The molecule has 0 saturated carbocycles. The lowest BCUT2D eigenvalue weighted by Gasteiger charge is -2.35. The van der Waals surface area contributed by atoms with E-state index in [2.05, 4.69) is 25.3 Å². The van der Waals surface area contributed by atoms with Crippen LogP contribution in [0.1, 0.15) is 30.7 Å². The van der Waals surface area contributed by atoms with E-state index in [4.69, 9.17) is 0 Å².